The first-order chi connectivity index (χ1) is 18.3. The Hall–Kier alpha value is -3.02. The molecule has 1 aliphatic rings. The number of hydrogen-bond donors (Lipinski definition) is 0. The second-order valence-corrected chi connectivity index (χ2v) is 12.4. The number of morpholine rings is 1. The van der Waals surface area contributed by atoms with Crippen molar-refractivity contribution in [3.8, 4) is 26.7 Å². The van der Waals surface area contributed by atoms with E-state index in [9.17, 15) is 13.2 Å². The summed E-state index contributed by atoms with van der Waals surface area (Å²) in [6, 6.07) is 20.1. The van der Waals surface area contributed by atoms with E-state index in [1.165, 1.54) is 17.6 Å². The van der Waals surface area contributed by atoms with Gasteiger partial charge in [-0.3, -0.25) is 9.69 Å². The van der Waals surface area contributed by atoms with E-state index in [2.05, 4.69) is 0 Å². The number of ether oxygens (including phenoxy) is 2. The van der Waals surface area contributed by atoms with Gasteiger partial charge < -0.3 is 9.47 Å². The highest BCUT2D eigenvalue weighted by atomic mass is 35.5. The highest BCUT2D eigenvalue weighted by Gasteiger charge is 2.19. The Kier molecular flexibility index (Phi) is 7.96. The van der Waals surface area contributed by atoms with E-state index in [-0.39, 0.29) is 24.0 Å². The number of aromatic nitrogens is 2. The summed E-state index contributed by atoms with van der Waals surface area (Å²) in [4.78, 5) is 16.5. The van der Waals surface area contributed by atoms with Gasteiger partial charge in [0.1, 0.15) is 12.3 Å². The van der Waals surface area contributed by atoms with E-state index in [1.807, 2.05) is 47.4 Å². The average Bonchev–Trinajstić information content (AvgIpc) is 3.56. The van der Waals surface area contributed by atoms with Crippen molar-refractivity contribution >= 4 is 38.7 Å². The molecule has 0 amide bonds. The first-order valence-corrected chi connectivity index (χ1v) is 15.1. The Morgan fingerprint density at radius 2 is 1.82 bits per heavy atom. The molecule has 0 bridgehead atoms. The number of thiophene rings is 1. The number of sulfone groups is 1. The van der Waals surface area contributed by atoms with Crippen LogP contribution in [0.25, 0.3) is 26.7 Å². The SMILES string of the molecule is CS(=O)(=O)c1cccc(-c2ccc(-c3cc(COC(=O)CN4CCOCC4)nn3-c3ccccc3Cl)s2)c1. The standard InChI is InChI=1S/C27H26ClN3O5S2/c1-38(33,34)21-6-4-5-19(15-21)25-9-10-26(37-25)24-16-20(29-31(24)23-8-3-2-7-22(23)28)18-36-27(32)17-30-11-13-35-14-12-30/h2-10,15-16H,11-14,17-18H2,1H3. The van der Waals surface area contributed by atoms with E-state index in [0.29, 0.717) is 42.7 Å². The lowest BCUT2D eigenvalue weighted by Gasteiger charge is -2.25. The van der Waals surface area contributed by atoms with Crippen molar-refractivity contribution in [2.75, 3.05) is 39.1 Å². The second kappa shape index (κ2) is 11.4. The molecule has 5 rings (SSSR count). The lowest BCUT2D eigenvalue weighted by atomic mass is 10.2. The molecular weight excluding hydrogens is 546 g/mol. The largest absolute Gasteiger partial charge is 0.458 e. The molecule has 2 aromatic heterocycles. The third-order valence-electron chi connectivity index (χ3n) is 6.08. The van der Waals surface area contributed by atoms with Gasteiger partial charge in [-0.25, -0.2) is 13.1 Å². The molecule has 0 unspecified atom stereocenters. The summed E-state index contributed by atoms with van der Waals surface area (Å²) in [6.45, 7) is 2.87. The fraction of sp³-hybridized carbons (Fsp3) is 0.259. The van der Waals surface area contributed by atoms with E-state index >= 15 is 0 Å². The van der Waals surface area contributed by atoms with E-state index in [0.717, 1.165) is 21.0 Å². The summed E-state index contributed by atoms with van der Waals surface area (Å²) in [5.41, 5.74) is 2.88. The van der Waals surface area contributed by atoms with Gasteiger partial charge in [-0.15, -0.1) is 11.3 Å². The quantitative estimate of drug-likeness (QED) is 0.283. The maximum atomic E-state index is 12.4. The topological polar surface area (TPSA) is 90.7 Å². The minimum Gasteiger partial charge on any atom is -0.458 e. The zero-order valence-corrected chi connectivity index (χ0v) is 23.1. The van der Waals surface area contributed by atoms with E-state index < -0.39 is 9.84 Å². The van der Waals surface area contributed by atoms with Crippen molar-refractivity contribution in [2.45, 2.75) is 11.5 Å². The minimum atomic E-state index is -3.32. The summed E-state index contributed by atoms with van der Waals surface area (Å²) in [5.74, 6) is -0.315. The number of carbonyl (C=O) groups is 1. The number of rotatable bonds is 8. The van der Waals surface area contributed by atoms with Crippen LogP contribution in [0.1, 0.15) is 5.69 Å². The smallest absolute Gasteiger partial charge is 0.320 e. The highest BCUT2D eigenvalue weighted by molar-refractivity contribution is 7.90. The van der Waals surface area contributed by atoms with Gasteiger partial charge in [0.05, 0.1) is 45.9 Å². The van der Waals surface area contributed by atoms with Crippen molar-refractivity contribution in [1.82, 2.24) is 14.7 Å². The molecule has 0 spiro atoms. The van der Waals surface area contributed by atoms with E-state index in [1.54, 1.807) is 28.9 Å². The molecule has 38 heavy (non-hydrogen) atoms. The van der Waals surface area contributed by atoms with Crippen LogP contribution < -0.4 is 0 Å². The number of esters is 1. The molecule has 198 valence electrons. The third kappa shape index (κ3) is 6.16. The molecule has 4 aromatic rings. The Bertz CT molecular complexity index is 1560. The lowest BCUT2D eigenvalue weighted by Crippen LogP contribution is -2.40. The highest BCUT2D eigenvalue weighted by Crippen LogP contribution is 2.37. The van der Waals surface area contributed by atoms with Gasteiger partial charge in [-0.05, 0) is 48.0 Å². The zero-order chi connectivity index (χ0) is 26.7. The molecular formula is C27H26ClN3O5S2. The third-order valence-corrected chi connectivity index (χ3v) is 8.67. The molecule has 0 radical (unpaired) electrons. The molecule has 0 saturated carbocycles. The van der Waals surface area contributed by atoms with Gasteiger partial charge in [0.15, 0.2) is 9.84 Å². The van der Waals surface area contributed by atoms with Crippen molar-refractivity contribution in [2.24, 2.45) is 0 Å². The molecule has 2 aromatic carbocycles. The molecule has 1 aliphatic heterocycles. The van der Waals surface area contributed by atoms with Gasteiger partial charge in [0.25, 0.3) is 0 Å². The number of nitrogens with zero attached hydrogens (tertiary/aromatic N) is 3. The van der Waals surface area contributed by atoms with Crippen LogP contribution in [0.3, 0.4) is 0 Å². The molecule has 1 saturated heterocycles. The molecule has 11 heteroatoms. The number of halogens is 1. The van der Waals surface area contributed by atoms with Crippen LogP contribution in [0, 0.1) is 0 Å². The predicted octanol–water partition coefficient (Wildman–Crippen LogP) is 4.70. The molecule has 0 N–H and O–H groups in total. The van der Waals surface area contributed by atoms with Crippen molar-refractivity contribution in [3.05, 3.63) is 77.4 Å². The maximum absolute atomic E-state index is 12.4. The first-order valence-electron chi connectivity index (χ1n) is 12.0. The predicted molar refractivity (Wildman–Crippen MR) is 147 cm³/mol. The Morgan fingerprint density at radius 3 is 2.58 bits per heavy atom. The summed E-state index contributed by atoms with van der Waals surface area (Å²) in [5, 5.41) is 5.25. The Balaban J connectivity index is 1.43. The average molecular weight is 572 g/mol. The maximum Gasteiger partial charge on any atom is 0.320 e. The summed E-state index contributed by atoms with van der Waals surface area (Å²) >= 11 is 8.02. The second-order valence-electron chi connectivity index (χ2n) is 8.90. The lowest BCUT2D eigenvalue weighted by molar-refractivity contribution is -0.147. The number of para-hydroxylation sites is 1. The van der Waals surface area contributed by atoms with Crippen molar-refractivity contribution < 1.29 is 22.7 Å². The summed E-state index contributed by atoms with van der Waals surface area (Å²) in [6.07, 6.45) is 1.20. The fourth-order valence-electron chi connectivity index (χ4n) is 4.14. The molecule has 0 aliphatic carbocycles. The number of benzene rings is 2. The monoisotopic (exact) mass is 571 g/mol. The van der Waals surface area contributed by atoms with Crippen molar-refractivity contribution in [1.29, 1.82) is 0 Å². The van der Waals surface area contributed by atoms with Crippen LogP contribution in [-0.4, -0.2) is 68.2 Å². The minimum absolute atomic E-state index is 0.0300. The fourth-order valence-corrected chi connectivity index (χ4v) is 6.02. The van der Waals surface area contributed by atoms with Crippen LogP contribution in [0.2, 0.25) is 5.02 Å². The summed E-state index contributed by atoms with van der Waals surface area (Å²) < 4.78 is 36.7. The summed E-state index contributed by atoms with van der Waals surface area (Å²) in [7, 11) is -3.32. The van der Waals surface area contributed by atoms with Crippen molar-refractivity contribution in [3.63, 3.8) is 0 Å². The van der Waals surface area contributed by atoms with Crippen LogP contribution in [0.15, 0.2) is 71.6 Å². The normalized spacial score (nSPS) is 14.5. The van der Waals surface area contributed by atoms with Gasteiger partial charge in [-0.2, -0.15) is 5.10 Å². The molecule has 8 nitrogen and oxygen atoms in total. The van der Waals surface area contributed by atoms with Gasteiger partial charge in [0.2, 0.25) is 0 Å². The molecule has 1 fully saturated rings. The zero-order valence-electron chi connectivity index (χ0n) is 20.7. The van der Waals surface area contributed by atoms with Gasteiger partial charge in [-0.1, -0.05) is 35.9 Å². The Morgan fingerprint density at radius 1 is 1.05 bits per heavy atom. The van der Waals surface area contributed by atoms with Crippen LogP contribution >= 0.6 is 22.9 Å². The van der Waals surface area contributed by atoms with Crippen LogP contribution in [0.4, 0.5) is 0 Å². The van der Waals surface area contributed by atoms with Crippen LogP contribution in [-0.2, 0) is 30.7 Å². The first kappa shape index (κ1) is 26.6. The molecule has 0 atom stereocenters. The number of carbonyl (C=O) groups excluding carboxylic acids is 1. The number of hydrogen-bond acceptors (Lipinski definition) is 8. The Labute approximate surface area is 230 Å². The van der Waals surface area contributed by atoms with E-state index in [4.69, 9.17) is 26.2 Å². The van der Waals surface area contributed by atoms with Gasteiger partial charge >= 0.3 is 5.97 Å². The van der Waals surface area contributed by atoms with Gasteiger partial charge in [0, 0.05) is 24.2 Å². The van der Waals surface area contributed by atoms with Crippen LogP contribution in [0.5, 0.6) is 0 Å². The molecule has 3 heterocycles.